The Kier molecular flexibility index (Phi) is 3.06. The van der Waals surface area contributed by atoms with Crippen molar-refractivity contribution in [3.63, 3.8) is 0 Å². The molecule has 0 bridgehead atoms. The Morgan fingerprint density at radius 2 is 2.35 bits per heavy atom. The molecule has 2 N–H and O–H groups in total. The van der Waals surface area contributed by atoms with E-state index in [0.717, 1.165) is 11.5 Å². The highest BCUT2D eigenvalue weighted by atomic mass is 19.1. The normalized spacial score (nSPS) is 9.94. The van der Waals surface area contributed by atoms with Gasteiger partial charge in [0.05, 0.1) is 24.1 Å². The van der Waals surface area contributed by atoms with Crippen LogP contribution in [0.2, 0.25) is 0 Å². The molecule has 0 radical (unpaired) electrons. The van der Waals surface area contributed by atoms with Gasteiger partial charge < -0.3 is 10.3 Å². The fourth-order valence-electron chi connectivity index (χ4n) is 1.54. The number of H-pyrrole nitrogens is 1. The lowest BCUT2D eigenvalue weighted by Gasteiger charge is -2.07. The average molecular weight is 230 g/mol. The minimum atomic E-state index is -0.515. The highest BCUT2D eigenvalue weighted by Gasteiger charge is 2.07. The number of halogens is 1. The number of aromatic amines is 1. The number of aromatic nitrogens is 2. The SMILES string of the molecule is Cc1ncc(CNc2cccc(F)c2C#N)[nH]1. The van der Waals surface area contributed by atoms with Crippen molar-refractivity contribution in [3.05, 3.63) is 47.3 Å². The molecule has 0 saturated heterocycles. The van der Waals surface area contributed by atoms with Crippen LogP contribution in [0.4, 0.5) is 10.1 Å². The summed E-state index contributed by atoms with van der Waals surface area (Å²) in [6.45, 7) is 2.32. The number of nitriles is 1. The fourth-order valence-corrected chi connectivity index (χ4v) is 1.54. The Morgan fingerprint density at radius 3 is 3.00 bits per heavy atom. The van der Waals surface area contributed by atoms with E-state index in [1.54, 1.807) is 18.3 Å². The Hall–Kier alpha value is -2.35. The quantitative estimate of drug-likeness (QED) is 0.850. The second-order valence-electron chi connectivity index (χ2n) is 3.62. The van der Waals surface area contributed by atoms with Crippen molar-refractivity contribution in [1.29, 1.82) is 5.26 Å². The molecule has 1 heterocycles. The molecular weight excluding hydrogens is 219 g/mol. The predicted octanol–water partition coefficient (Wildman–Crippen LogP) is 2.34. The van der Waals surface area contributed by atoms with Crippen LogP contribution >= 0.6 is 0 Å². The number of hydrogen-bond donors (Lipinski definition) is 2. The topological polar surface area (TPSA) is 64.5 Å². The molecule has 0 atom stereocenters. The number of aryl methyl sites for hydroxylation is 1. The van der Waals surface area contributed by atoms with Crippen molar-refractivity contribution >= 4 is 5.69 Å². The summed E-state index contributed by atoms with van der Waals surface area (Å²) in [5.41, 5.74) is 1.40. The van der Waals surface area contributed by atoms with E-state index in [9.17, 15) is 4.39 Å². The maximum absolute atomic E-state index is 13.3. The lowest BCUT2D eigenvalue weighted by atomic mass is 10.2. The number of imidazole rings is 1. The first-order chi connectivity index (χ1) is 8.20. The van der Waals surface area contributed by atoms with Crippen LogP contribution in [0.25, 0.3) is 0 Å². The highest BCUT2D eigenvalue weighted by molar-refractivity contribution is 5.57. The maximum atomic E-state index is 13.3. The van der Waals surface area contributed by atoms with Crippen LogP contribution < -0.4 is 5.32 Å². The molecule has 2 aromatic rings. The van der Waals surface area contributed by atoms with E-state index in [1.165, 1.54) is 6.07 Å². The molecule has 0 fully saturated rings. The molecular formula is C12H11FN4. The summed E-state index contributed by atoms with van der Waals surface area (Å²) < 4.78 is 13.3. The number of hydrogen-bond acceptors (Lipinski definition) is 3. The second-order valence-corrected chi connectivity index (χ2v) is 3.62. The number of rotatable bonds is 3. The van der Waals surface area contributed by atoms with Crippen LogP contribution in [0.1, 0.15) is 17.1 Å². The van der Waals surface area contributed by atoms with E-state index in [1.807, 2.05) is 13.0 Å². The van der Waals surface area contributed by atoms with E-state index in [4.69, 9.17) is 5.26 Å². The second kappa shape index (κ2) is 4.66. The molecule has 0 spiro atoms. The van der Waals surface area contributed by atoms with Crippen LogP contribution in [0.15, 0.2) is 24.4 Å². The Balaban J connectivity index is 2.14. The van der Waals surface area contributed by atoms with Crippen LogP contribution in [0, 0.1) is 24.1 Å². The molecule has 17 heavy (non-hydrogen) atoms. The molecule has 5 heteroatoms. The third-order valence-electron chi connectivity index (χ3n) is 2.35. The van der Waals surface area contributed by atoms with Crippen LogP contribution in [-0.2, 0) is 6.54 Å². The Labute approximate surface area is 98.1 Å². The van der Waals surface area contributed by atoms with E-state index in [0.29, 0.717) is 12.2 Å². The summed E-state index contributed by atoms with van der Waals surface area (Å²) in [5.74, 6) is 0.305. The minimum absolute atomic E-state index is 0.0312. The van der Waals surface area contributed by atoms with Crippen molar-refractivity contribution < 1.29 is 4.39 Å². The molecule has 0 saturated carbocycles. The van der Waals surface area contributed by atoms with Crippen molar-refractivity contribution in [3.8, 4) is 6.07 Å². The summed E-state index contributed by atoms with van der Waals surface area (Å²) in [6, 6.07) is 6.35. The smallest absolute Gasteiger partial charge is 0.143 e. The van der Waals surface area contributed by atoms with Gasteiger partial charge in [0.1, 0.15) is 23.3 Å². The zero-order valence-electron chi connectivity index (χ0n) is 9.29. The van der Waals surface area contributed by atoms with E-state index < -0.39 is 5.82 Å². The van der Waals surface area contributed by atoms with Crippen LogP contribution in [0.3, 0.4) is 0 Å². The Bertz CT molecular complexity index is 568. The third kappa shape index (κ3) is 2.42. The van der Waals surface area contributed by atoms with Gasteiger partial charge in [-0.15, -0.1) is 0 Å². The molecule has 0 aliphatic carbocycles. The standard InChI is InChI=1S/C12H11FN4/c1-8-15-6-9(17-8)7-16-12-4-2-3-11(13)10(12)5-14/h2-4,6,16H,7H2,1H3,(H,15,17). The zero-order chi connectivity index (χ0) is 12.3. The molecule has 2 rings (SSSR count). The van der Waals surface area contributed by atoms with Crippen molar-refractivity contribution in [2.75, 3.05) is 5.32 Å². The number of benzene rings is 1. The zero-order valence-corrected chi connectivity index (χ0v) is 9.29. The first-order valence-corrected chi connectivity index (χ1v) is 5.13. The average Bonchev–Trinajstić information content (AvgIpc) is 2.72. The van der Waals surface area contributed by atoms with Gasteiger partial charge in [0.2, 0.25) is 0 Å². The molecule has 0 aliphatic rings. The van der Waals surface area contributed by atoms with E-state index in [-0.39, 0.29) is 5.56 Å². The molecule has 0 unspecified atom stereocenters. The summed E-state index contributed by atoms with van der Waals surface area (Å²) in [4.78, 5) is 7.10. The molecule has 0 aliphatic heterocycles. The van der Waals surface area contributed by atoms with Gasteiger partial charge in [0.25, 0.3) is 0 Å². The summed E-state index contributed by atoms with van der Waals surface area (Å²) in [7, 11) is 0. The third-order valence-corrected chi connectivity index (χ3v) is 2.35. The number of nitrogens with zero attached hydrogens (tertiary/aromatic N) is 2. The van der Waals surface area contributed by atoms with Crippen LogP contribution in [0.5, 0.6) is 0 Å². The predicted molar refractivity (Wildman–Crippen MR) is 61.8 cm³/mol. The molecule has 1 aromatic heterocycles. The van der Waals surface area contributed by atoms with Gasteiger partial charge in [-0.3, -0.25) is 0 Å². The monoisotopic (exact) mass is 230 g/mol. The first kappa shape index (κ1) is 11.1. The molecule has 0 amide bonds. The van der Waals surface area contributed by atoms with E-state index >= 15 is 0 Å². The van der Waals surface area contributed by atoms with Gasteiger partial charge in [-0.2, -0.15) is 5.26 Å². The number of anilines is 1. The number of nitrogens with one attached hydrogen (secondary N) is 2. The first-order valence-electron chi connectivity index (χ1n) is 5.13. The largest absolute Gasteiger partial charge is 0.378 e. The van der Waals surface area contributed by atoms with Gasteiger partial charge in [-0.05, 0) is 19.1 Å². The molecule has 1 aromatic carbocycles. The molecule has 86 valence electrons. The van der Waals surface area contributed by atoms with Gasteiger partial charge in [-0.1, -0.05) is 6.07 Å². The minimum Gasteiger partial charge on any atom is -0.378 e. The van der Waals surface area contributed by atoms with Crippen molar-refractivity contribution in [2.24, 2.45) is 0 Å². The Morgan fingerprint density at radius 1 is 1.53 bits per heavy atom. The summed E-state index contributed by atoms with van der Waals surface area (Å²) in [6.07, 6.45) is 1.70. The lowest BCUT2D eigenvalue weighted by Crippen LogP contribution is -2.02. The van der Waals surface area contributed by atoms with Gasteiger partial charge in [0.15, 0.2) is 0 Å². The van der Waals surface area contributed by atoms with Crippen molar-refractivity contribution in [2.45, 2.75) is 13.5 Å². The van der Waals surface area contributed by atoms with Gasteiger partial charge >= 0.3 is 0 Å². The van der Waals surface area contributed by atoms with Gasteiger partial charge in [0, 0.05) is 0 Å². The van der Waals surface area contributed by atoms with Crippen LogP contribution in [-0.4, -0.2) is 9.97 Å². The van der Waals surface area contributed by atoms with Gasteiger partial charge in [-0.25, -0.2) is 9.37 Å². The maximum Gasteiger partial charge on any atom is 0.143 e. The van der Waals surface area contributed by atoms with Crippen molar-refractivity contribution in [1.82, 2.24) is 9.97 Å². The summed E-state index contributed by atoms with van der Waals surface area (Å²) >= 11 is 0. The molecule has 4 nitrogen and oxygen atoms in total. The summed E-state index contributed by atoms with van der Waals surface area (Å²) in [5, 5.41) is 11.9. The fraction of sp³-hybridized carbons (Fsp3) is 0.167. The van der Waals surface area contributed by atoms with E-state index in [2.05, 4.69) is 15.3 Å². The lowest BCUT2D eigenvalue weighted by molar-refractivity contribution is 0.624. The highest BCUT2D eigenvalue weighted by Crippen LogP contribution is 2.18.